The number of anilines is 1. The number of likely N-dealkylation sites (N-methyl/N-ethyl adjacent to an activating group) is 1. The lowest BCUT2D eigenvalue weighted by atomic mass is 10.1. The van der Waals surface area contributed by atoms with Crippen molar-refractivity contribution in [3.8, 4) is 11.3 Å². The number of H-pyrrole nitrogens is 1. The molecule has 7 nitrogen and oxygen atoms in total. The van der Waals surface area contributed by atoms with E-state index in [9.17, 15) is 4.79 Å². The highest BCUT2D eigenvalue weighted by atomic mass is 16.2. The van der Waals surface area contributed by atoms with Crippen LogP contribution in [0.4, 0.5) is 5.69 Å². The summed E-state index contributed by atoms with van der Waals surface area (Å²) in [6.07, 6.45) is 7.23. The van der Waals surface area contributed by atoms with Gasteiger partial charge in [0.2, 0.25) is 5.91 Å². The zero-order valence-corrected chi connectivity index (χ0v) is 15.3. The van der Waals surface area contributed by atoms with Gasteiger partial charge in [0.25, 0.3) is 0 Å². The second kappa shape index (κ2) is 7.97. The molecular weight excluding hydrogens is 328 g/mol. The molecule has 2 N–H and O–H groups in total. The minimum Gasteiger partial charge on any atom is -0.345 e. The molecule has 0 aliphatic heterocycles. The number of nitrogens with zero attached hydrogens (tertiary/aromatic N) is 4. The molecule has 0 aliphatic rings. The molecule has 0 radical (unpaired) electrons. The summed E-state index contributed by atoms with van der Waals surface area (Å²) in [6.45, 7) is 5.45. The highest BCUT2D eigenvalue weighted by molar-refractivity contribution is 5.94. The number of imidazole rings is 1. The molecule has 136 valence electrons. The van der Waals surface area contributed by atoms with Crippen LogP contribution >= 0.6 is 0 Å². The number of carbonyl (C=O) groups is 1. The Morgan fingerprint density at radius 3 is 2.65 bits per heavy atom. The normalized spacial score (nSPS) is 12.3. The summed E-state index contributed by atoms with van der Waals surface area (Å²) in [5.41, 5.74) is 3.85. The van der Waals surface area contributed by atoms with E-state index in [1.165, 1.54) is 0 Å². The molecule has 3 rings (SSSR count). The average Bonchev–Trinajstić information content (AvgIpc) is 3.31. The number of hydrogen-bond donors (Lipinski definition) is 2. The summed E-state index contributed by atoms with van der Waals surface area (Å²) in [5, 5.41) is 7.18. The number of aryl methyl sites for hydroxylation is 1. The molecule has 0 unspecified atom stereocenters. The van der Waals surface area contributed by atoms with Gasteiger partial charge in [0.1, 0.15) is 0 Å². The Balaban J connectivity index is 1.62. The molecule has 0 bridgehead atoms. The first-order valence-electron chi connectivity index (χ1n) is 8.68. The van der Waals surface area contributed by atoms with Crippen LogP contribution in [0.3, 0.4) is 0 Å². The smallest absolute Gasteiger partial charge is 0.241 e. The highest BCUT2D eigenvalue weighted by Crippen LogP contribution is 2.19. The molecule has 0 aliphatic carbocycles. The lowest BCUT2D eigenvalue weighted by Crippen LogP contribution is -2.41. The van der Waals surface area contributed by atoms with Crippen LogP contribution in [0.5, 0.6) is 0 Å². The van der Waals surface area contributed by atoms with E-state index in [1.54, 1.807) is 17.2 Å². The van der Waals surface area contributed by atoms with E-state index in [0.717, 1.165) is 29.1 Å². The zero-order valence-electron chi connectivity index (χ0n) is 15.3. The van der Waals surface area contributed by atoms with E-state index in [0.29, 0.717) is 6.54 Å². The van der Waals surface area contributed by atoms with Crippen LogP contribution in [0.1, 0.15) is 19.4 Å². The maximum Gasteiger partial charge on any atom is 0.241 e. The summed E-state index contributed by atoms with van der Waals surface area (Å²) in [7, 11) is 1.89. The van der Waals surface area contributed by atoms with Gasteiger partial charge in [-0.1, -0.05) is 19.1 Å². The Bertz CT molecular complexity index is 837. The van der Waals surface area contributed by atoms with Gasteiger partial charge in [0.05, 0.1) is 30.5 Å². The Kier molecular flexibility index (Phi) is 5.48. The third kappa shape index (κ3) is 4.18. The van der Waals surface area contributed by atoms with Gasteiger partial charge in [0.15, 0.2) is 0 Å². The van der Waals surface area contributed by atoms with Gasteiger partial charge < -0.3 is 10.3 Å². The predicted molar refractivity (Wildman–Crippen MR) is 101 cm³/mol. The van der Waals surface area contributed by atoms with Crippen LogP contribution in [-0.2, 0) is 18.4 Å². The number of hydrogen-bond acceptors (Lipinski definition) is 4. The molecule has 26 heavy (non-hydrogen) atoms. The van der Waals surface area contributed by atoms with Gasteiger partial charge in [-0.2, -0.15) is 5.10 Å². The Morgan fingerprint density at radius 2 is 2.08 bits per heavy atom. The van der Waals surface area contributed by atoms with Crippen molar-refractivity contribution in [1.29, 1.82) is 0 Å². The number of carbonyl (C=O) groups excluding carboxylic acids is 1. The molecule has 1 aromatic carbocycles. The Morgan fingerprint density at radius 1 is 1.31 bits per heavy atom. The fourth-order valence-electron chi connectivity index (χ4n) is 2.87. The van der Waals surface area contributed by atoms with Gasteiger partial charge in [0, 0.05) is 31.0 Å². The standard InChI is InChI=1S/C19H24N6O/c1-4-25(12-15-9-22-24(3)11-15)14(2)19(26)23-17-7-5-16(6-8-17)18-10-20-13-21-18/h5-11,13-14H,4,12H2,1-3H3,(H,20,21)(H,23,26)/t14-/m0/s1. The van der Waals surface area contributed by atoms with Crippen LogP contribution in [0.25, 0.3) is 11.3 Å². The third-order valence-electron chi connectivity index (χ3n) is 4.44. The lowest BCUT2D eigenvalue weighted by Gasteiger charge is -2.26. The number of nitrogens with one attached hydrogen (secondary N) is 2. The zero-order chi connectivity index (χ0) is 18.5. The van der Waals surface area contributed by atoms with E-state index in [-0.39, 0.29) is 11.9 Å². The molecule has 1 amide bonds. The Labute approximate surface area is 153 Å². The minimum absolute atomic E-state index is 0.0231. The minimum atomic E-state index is -0.243. The summed E-state index contributed by atoms with van der Waals surface area (Å²) in [5.74, 6) is -0.0231. The van der Waals surface area contributed by atoms with Gasteiger partial charge >= 0.3 is 0 Å². The van der Waals surface area contributed by atoms with Crippen LogP contribution < -0.4 is 5.32 Å². The summed E-state index contributed by atoms with van der Waals surface area (Å²) in [6, 6.07) is 7.48. The van der Waals surface area contributed by atoms with Gasteiger partial charge in [-0.05, 0) is 31.2 Å². The van der Waals surface area contributed by atoms with Gasteiger partial charge in [-0.25, -0.2) is 4.98 Å². The summed E-state index contributed by atoms with van der Waals surface area (Å²) >= 11 is 0. The predicted octanol–water partition coefficient (Wildman–Crippen LogP) is 2.66. The SMILES string of the molecule is CCN(Cc1cnn(C)c1)[C@@H](C)C(=O)Nc1ccc(-c2cnc[nH]2)cc1. The summed E-state index contributed by atoms with van der Waals surface area (Å²) in [4.78, 5) is 21.8. The first-order valence-corrected chi connectivity index (χ1v) is 8.68. The van der Waals surface area contributed by atoms with Crippen LogP contribution in [0, 0.1) is 0 Å². The average molecular weight is 352 g/mol. The van der Waals surface area contributed by atoms with Gasteiger partial charge in [-0.3, -0.25) is 14.4 Å². The molecule has 2 aromatic heterocycles. The number of benzene rings is 1. The molecule has 3 aromatic rings. The molecule has 7 heteroatoms. The van der Waals surface area contributed by atoms with Crippen LogP contribution in [-0.4, -0.2) is 43.1 Å². The first kappa shape index (κ1) is 17.9. The van der Waals surface area contributed by atoms with Crippen molar-refractivity contribution < 1.29 is 4.79 Å². The van der Waals surface area contributed by atoms with E-state index in [2.05, 4.69) is 32.2 Å². The Hall–Kier alpha value is -2.93. The largest absolute Gasteiger partial charge is 0.345 e. The van der Waals surface area contributed by atoms with E-state index in [4.69, 9.17) is 0 Å². The van der Waals surface area contributed by atoms with Crippen LogP contribution in [0.15, 0.2) is 49.2 Å². The van der Waals surface area contributed by atoms with Gasteiger partial charge in [-0.15, -0.1) is 0 Å². The van der Waals surface area contributed by atoms with Crippen molar-refractivity contribution in [2.45, 2.75) is 26.4 Å². The fourth-order valence-corrected chi connectivity index (χ4v) is 2.87. The van der Waals surface area contributed by atoms with E-state index < -0.39 is 0 Å². The van der Waals surface area contributed by atoms with Crippen molar-refractivity contribution >= 4 is 11.6 Å². The van der Waals surface area contributed by atoms with E-state index in [1.807, 2.05) is 50.6 Å². The van der Waals surface area contributed by atoms with Crippen molar-refractivity contribution in [1.82, 2.24) is 24.6 Å². The summed E-state index contributed by atoms with van der Waals surface area (Å²) < 4.78 is 1.77. The molecule has 0 fully saturated rings. The second-order valence-electron chi connectivity index (χ2n) is 6.29. The fraction of sp³-hybridized carbons (Fsp3) is 0.316. The first-order chi connectivity index (χ1) is 12.6. The topological polar surface area (TPSA) is 78.8 Å². The lowest BCUT2D eigenvalue weighted by molar-refractivity contribution is -0.120. The second-order valence-corrected chi connectivity index (χ2v) is 6.29. The van der Waals surface area contributed by atoms with Crippen molar-refractivity contribution in [2.24, 2.45) is 7.05 Å². The molecular formula is C19H24N6O. The molecule has 1 atom stereocenters. The molecule has 0 saturated carbocycles. The number of amides is 1. The van der Waals surface area contributed by atoms with Crippen molar-refractivity contribution in [3.63, 3.8) is 0 Å². The number of aromatic amines is 1. The number of aromatic nitrogens is 4. The number of rotatable bonds is 7. The van der Waals surface area contributed by atoms with Crippen molar-refractivity contribution in [2.75, 3.05) is 11.9 Å². The third-order valence-corrected chi connectivity index (χ3v) is 4.44. The molecule has 0 saturated heterocycles. The maximum atomic E-state index is 12.6. The van der Waals surface area contributed by atoms with E-state index >= 15 is 0 Å². The molecule has 2 heterocycles. The van der Waals surface area contributed by atoms with Crippen LogP contribution in [0.2, 0.25) is 0 Å². The monoisotopic (exact) mass is 352 g/mol. The molecule has 0 spiro atoms. The van der Waals surface area contributed by atoms with Crippen molar-refractivity contribution in [3.05, 3.63) is 54.7 Å². The maximum absolute atomic E-state index is 12.6. The highest BCUT2D eigenvalue weighted by Gasteiger charge is 2.20. The quantitative estimate of drug-likeness (QED) is 0.685.